The van der Waals surface area contributed by atoms with E-state index in [9.17, 15) is 13.2 Å². The van der Waals surface area contributed by atoms with E-state index in [1.165, 1.54) is 0 Å². The van der Waals surface area contributed by atoms with Gasteiger partial charge in [-0.2, -0.15) is 0 Å². The lowest BCUT2D eigenvalue weighted by Crippen LogP contribution is -2.28. The van der Waals surface area contributed by atoms with E-state index in [0.717, 1.165) is 3.57 Å². The lowest BCUT2D eigenvalue weighted by atomic mass is 9.89. The zero-order valence-corrected chi connectivity index (χ0v) is 16.0. The number of Topliss-reactive ketones (excluding diaryl/α,β-unsaturated/α-hetero) is 1. The SMILES string of the molecule is CC(C)C(CS(=O)(=O)c1ccc(I)cc1)C(=O)c1ccccc1. The largest absolute Gasteiger partial charge is 0.294 e. The van der Waals surface area contributed by atoms with E-state index in [2.05, 4.69) is 22.6 Å². The summed E-state index contributed by atoms with van der Waals surface area (Å²) in [5, 5.41) is 0. The summed E-state index contributed by atoms with van der Waals surface area (Å²) in [5.41, 5.74) is 0.559. The average molecular weight is 442 g/mol. The molecule has 0 spiro atoms. The maximum Gasteiger partial charge on any atom is 0.179 e. The Kier molecular flexibility index (Phi) is 5.97. The first-order valence-electron chi connectivity index (χ1n) is 7.39. The van der Waals surface area contributed by atoms with Crippen LogP contribution >= 0.6 is 22.6 Å². The molecule has 2 aromatic carbocycles. The number of hydrogen-bond donors (Lipinski definition) is 0. The topological polar surface area (TPSA) is 51.2 Å². The van der Waals surface area contributed by atoms with E-state index in [0.29, 0.717) is 5.56 Å². The zero-order valence-electron chi connectivity index (χ0n) is 13.1. The summed E-state index contributed by atoms with van der Waals surface area (Å²) in [6, 6.07) is 15.6. The Balaban J connectivity index is 2.29. The Morgan fingerprint density at radius 3 is 2.09 bits per heavy atom. The van der Waals surface area contributed by atoms with Gasteiger partial charge in [0.05, 0.1) is 10.6 Å². The highest BCUT2D eigenvalue weighted by Crippen LogP contribution is 2.23. The summed E-state index contributed by atoms with van der Waals surface area (Å²) in [6.07, 6.45) is 0. The molecule has 0 aromatic heterocycles. The van der Waals surface area contributed by atoms with Crippen molar-refractivity contribution in [1.29, 1.82) is 0 Å². The maximum atomic E-state index is 12.7. The summed E-state index contributed by atoms with van der Waals surface area (Å²) in [6.45, 7) is 3.77. The van der Waals surface area contributed by atoms with Crippen LogP contribution in [-0.2, 0) is 9.84 Å². The highest BCUT2D eigenvalue weighted by molar-refractivity contribution is 14.1. The van der Waals surface area contributed by atoms with Crippen molar-refractivity contribution >= 4 is 38.2 Å². The number of sulfone groups is 1. The van der Waals surface area contributed by atoms with Crippen LogP contribution in [0.5, 0.6) is 0 Å². The summed E-state index contributed by atoms with van der Waals surface area (Å²) < 4.78 is 26.3. The van der Waals surface area contributed by atoms with Crippen molar-refractivity contribution in [3.63, 3.8) is 0 Å². The first-order valence-corrected chi connectivity index (χ1v) is 10.1. The molecule has 0 amide bonds. The lowest BCUT2D eigenvalue weighted by molar-refractivity contribution is 0.0901. The molecular weight excluding hydrogens is 423 g/mol. The third-order valence-electron chi connectivity index (χ3n) is 3.77. The molecule has 23 heavy (non-hydrogen) atoms. The van der Waals surface area contributed by atoms with E-state index in [-0.39, 0.29) is 22.3 Å². The van der Waals surface area contributed by atoms with Crippen LogP contribution in [0.2, 0.25) is 0 Å². The third kappa shape index (κ3) is 4.64. The minimum absolute atomic E-state index is 0.0543. The van der Waals surface area contributed by atoms with Gasteiger partial charge in [-0.15, -0.1) is 0 Å². The van der Waals surface area contributed by atoms with Crippen molar-refractivity contribution in [2.75, 3.05) is 5.75 Å². The van der Waals surface area contributed by atoms with Crippen molar-refractivity contribution in [2.45, 2.75) is 18.7 Å². The molecule has 122 valence electrons. The fraction of sp³-hybridized carbons (Fsp3) is 0.278. The number of ketones is 1. The minimum Gasteiger partial charge on any atom is -0.294 e. The second-order valence-electron chi connectivity index (χ2n) is 5.82. The van der Waals surface area contributed by atoms with Crippen molar-refractivity contribution in [3.8, 4) is 0 Å². The van der Waals surface area contributed by atoms with Crippen LogP contribution in [0.15, 0.2) is 59.5 Å². The average Bonchev–Trinajstić information content (AvgIpc) is 2.53. The lowest BCUT2D eigenvalue weighted by Gasteiger charge is -2.20. The molecule has 0 radical (unpaired) electrons. The highest BCUT2D eigenvalue weighted by atomic mass is 127. The van der Waals surface area contributed by atoms with Crippen molar-refractivity contribution in [3.05, 3.63) is 63.7 Å². The van der Waals surface area contributed by atoms with Gasteiger partial charge in [0.2, 0.25) is 0 Å². The van der Waals surface area contributed by atoms with E-state index in [4.69, 9.17) is 0 Å². The fourth-order valence-electron chi connectivity index (χ4n) is 2.36. The standard InChI is InChI=1S/C18H19IO3S/c1-13(2)17(18(20)14-6-4-3-5-7-14)12-23(21,22)16-10-8-15(19)9-11-16/h3-11,13,17H,12H2,1-2H3. The van der Waals surface area contributed by atoms with Gasteiger partial charge in [0.1, 0.15) is 0 Å². The molecule has 3 nitrogen and oxygen atoms in total. The molecule has 2 rings (SSSR count). The molecule has 0 aliphatic heterocycles. The predicted octanol–water partition coefficient (Wildman–Crippen LogP) is 4.22. The number of rotatable bonds is 6. The molecule has 5 heteroatoms. The van der Waals surface area contributed by atoms with E-state index >= 15 is 0 Å². The number of carbonyl (C=O) groups excluding carboxylic acids is 1. The molecular formula is C18H19IO3S. The molecule has 1 unspecified atom stereocenters. The van der Waals surface area contributed by atoms with Crippen molar-refractivity contribution in [1.82, 2.24) is 0 Å². The molecule has 0 saturated heterocycles. The van der Waals surface area contributed by atoms with Gasteiger partial charge >= 0.3 is 0 Å². The van der Waals surface area contributed by atoms with E-state index in [1.54, 1.807) is 48.5 Å². The van der Waals surface area contributed by atoms with Gasteiger partial charge in [-0.1, -0.05) is 44.2 Å². The van der Waals surface area contributed by atoms with Gasteiger partial charge in [0.15, 0.2) is 15.6 Å². The molecule has 0 aliphatic rings. The van der Waals surface area contributed by atoms with E-state index < -0.39 is 15.8 Å². The maximum absolute atomic E-state index is 12.7. The van der Waals surface area contributed by atoms with Crippen LogP contribution in [0.3, 0.4) is 0 Å². The Bertz CT molecular complexity index is 766. The Morgan fingerprint density at radius 2 is 1.57 bits per heavy atom. The zero-order chi connectivity index (χ0) is 17.0. The second-order valence-corrected chi connectivity index (χ2v) is 9.10. The monoisotopic (exact) mass is 442 g/mol. The molecule has 0 saturated carbocycles. The van der Waals surface area contributed by atoms with Crippen LogP contribution in [-0.4, -0.2) is 20.0 Å². The van der Waals surface area contributed by atoms with Gasteiger partial charge < -0.3 is 0 Å². The van der Waals surface area contributed by atoms with Gasteiger partial charge in [-0.05, 0) is 52.8 Å². The molecule has 0 fully saturated rings. The Labute approximate surface area is 151 Å². The first-order chi connectivity index (χ1) is 10.8. The molecule has 0 aliphatic carbocycles. The smallest absolute Gasteiger partial charge is 0.179 e. The van der Waals surface area contributed by atoms with Crippen LogP contribution in [0.1, 0.15) is 24.2 Å². The van der Waals surface area contributed by atoms with Crippen LogP contribution < -0.4 is 0 Å². The molecule has 0 heterocycles. The molecule has 0 bridgehead atoms. The normalized spacial score (nSPS) is 13.0. The molecule has 0 N–H and O–H groups in total. The number of benzene rings is 2. The fourth-order valence-corrected chi connectivity index (χ4v) is 4.47. The highest BCUT2D eigenvalue weighted by Gasteiger charge is 2.29. The molecule has 2 aromatic rings. The van der Waals surface area contributed by atoms with Crippen LogP contribution in [0, 0.1) is 15.4 Å². The third-order valence-corrected chi connectivity index (χ3v) is 6.28. The van der Waals surface area contributed by atoms with Gasteiger partial charge in [0, 0.05) is 15.1 Å². The van der Waals surface area contributed by atoms with E-state index in [1.807, 2.05) is 19.9 Å². The van der Waals surface area contributed by atoms with Gasteiger partial charge in [-0.25, -0.2) is 8.42 Å². The van der Waals surface area contributed by atoms with Crippen molar-refractivity contribution in [2.24, 2.45) is 11.8 Å². The number of hydrogen-bond acceptors (Lipinski definition) is 3. The molecule has 1 atom stereocenters. The van der Waals surface area contributed by atoms with Crippen LogP contribution in [0.25, 0.3) is 0 Å². The second kappa shape index (κ2) is 7.57. The van der Waals surface area contributed by atoms with Gasteiger partial charge in [-0.3, -0.25) is 4.79 Å². The Morgan fingerprint density at radius 1 is 1.00 bits per heavy atom. The van der Waals surface area contributed by atoms with Crippen LogP contribution in [0.4, 0.5) is 0 Å². The first kappa shape index (κ1) is 18.1. The summed E-state index contributed by atoms with van der Waals surface area (Å²) >= 11 is 2.13. The summed E-state index contributed by atoms with van der Waals surface area (Å²) in [7, 11) is -3.50. The minimum atomic E-state index is -3.50. The number of carbonyl (C=O) groups is 1. The quantitative estimate of drug-likeness (QED) is 0.497. The summed E-state index contributed by atoms with van der Waals surface area (Å²) in [5.74, 6) is -0.892. The van der Waals surface area contributed by atoms with Crippen molar-refractivity contribution < 1.29 is 13.2 Å². The summed E-state index contributed by atoms with van der Waals surface area (Å²) in [4.78, 5) is 13.0. The predicted molar refractivity (Wildman–Crippen MR) is 100 cm³/mol. The van der Waals surface area contributed by atoms with Gasteiger partial charge in [0.25, 0.3) is 0 Å². The Hall–Kier alpha value is -1.21. The number of halogens is 1.